The molecule has 1 amide bonds. The summed E-state index contributed by atoms with van der Waals surface area (Å²) in [7, 11) is 0. The van der Waals surface area contributed by atoms with Crippen LogP contribution in [-0.2, 0) is 4.79 Å². The number of nitrogens with one attached hydrogen (secondary N) is 1. The van der Waals surface area contributed by atoms with Crippen LogP contribution < -0.4 is 5.32 Å². The molecule has 1 aromatic rings. The molecule has 16 heavy (non-hydrogen) atoms. The van der Waals surface area contributed by atoms with Gasteiger partial charge in [0.2, 0.25) is 5.91 Å². The molecule has 0 heterocycles. The Morgan fingerprint density at radius 2 is 1.88 bits per heavy atom. The molecular formula is C11H14N2O3. The van der Waals surface area contributed by atoms with Gasteiger partial charge in [-0.05, 0) is 32.4 Å². The monoisotopic (exact) mass is 222 g/mol. The molecule has 0 bridgehead atoms. The number of nitro groups is 1. The van der Waals surface area contributed by atoms with Crippen LogP contribution in [0.5, 0.6) is 0 Å². The highest BCUT2D eigenvalue weighted by molar-refractivity contribution is 5.91. The Labute approximate surface area is 93.6 Å². The van der Waals surface area contributed by atoms with Crippen molar-refractivity contribution >= 4 is 17.3 Å². The quantitative estimate of drug-likeness (QED) is 0.617. The maximum Gasteiger partial charge on any atom is 0.277 e. The first-order valence-electron chi connectivity index (χ1n) is 4.87. The minimum Gasteiger partial charge on any atom is -0.326 e. The lowest BCUT2D eigenvalue weighted by molar-refractivity contribution is -0.386. The molecule has 0 aliphatic rings. The van der Waals surface area contributed by atoms with Crippen LogP contribution in [-0.4, -0.2) is 10.8 Å². The molecule has 5 heteroatoms. The Hall–Kier alpha value is -1.91. The number of anilines is 1. The van der Waals surface area contributed by atoms with Crippen LogP contribution in [0.15, 0.2) is 6.07 Å². The van der Waals surface area contributed by atoms with Gasteiger partial charge in [-0.15, -0.1) is 0 Å². The summed E-state index contributed by atoms with van der Waals surface area (Å²) in [6.07, 6.45) is 0. The lowest BCUT2D eigenvalue weighted by Crippen LogP contribution is -2.10. The molecule has 0 aromatic heterocycles. The van der Waals surface area contributed by atoms with Crippen LogP contribution in [0.4, 0.5) is 11.4 Å². The predicted octanol–water partition coefficient (Wildman–Crippen LogP) is 2.48. The summed E-state index contributed by atoms with van der Waals surface area (Å²) >= 11 is 0. The molecule has 0 unspecified atom stereocenters. The van der Waals surface area contributed by atoms with Gasteiger partial charge in [0.15, 0.2) is 0 Å². The summed E-state index contributed by atoms with van der Waals surface area (Å²) < 4.78 is 0. The minimum absolute atomic E-state index is 0.0642. The predicted molar refractivity (Wildman–Crippen MR) is 61.6 cm³/mol. The third-order valence-corrected chi connectivity index (χ3v) is 2.41. The van der Waals surface area contributed by atoms with Crippen molar-refractivity contribution in [3.63, 3.8) is 0 Å². The number of carbonyl (C=O) groups is 1. The van der Waals surface area contributed by atoms with Gasteiger partial charge in [0, 0.05) is 12.5 Å². The average molecular weight is 222 g/mol. The third kappa shape index (κ3) is 2.18. The number of nitro benzene ring substituents is 1. The number of amides is 1. The van der Waals surface area contributed by atoms with Gasteiger partial charge in [-0.25, -0.2) is 0 Å². The van der Waals surface area contributed by atoms with Gasteiger partial charge >= 0.3 is 0 Å². The molecule has 1 N–H and O–H groups in total. The van der Waals surface area contributed by atoms with E-state index in [-0.39, 0.29) is 11.6 Å². The fourth-order valence-electron chi connectivity index (χ4n) is 1.82. The highest BCUT2D eigenvalue weighted by Gasteiger charge is 2.20. The zero-order chi connectivity index (χ0) is 12.5. The normalized spacial score (nSPS) is 10.0. The van der Waals surface area contributed by atoms with Crippen LogP contribution in [0.3, 0.4) is 0 Å². The van der Waals surface area contributed by atoms with Crippen molar-refractivity contribution in [2.75, 3.05) is 5.32 Å². The van der Waals surface area contributed by atoms with Crippen LogP contribution in [0, 0.1) is 30.9 Å². The van der Waals surface area contributed by atoms with Crippen molar-refractivity contribution in [3.05, 3.63) is 32.9 Å². The maximum atomic E-state index is 11.0. The highest BCUT2D eigenvalue weighted by Crippen LogP contribution is 2.32. The van der Waals surface area contributed by atoms with Crippen molar-refractivity contribution in [2.45, 2.75) is 27.7 Å². The van der Waals surface area contributed by atoms with E-state index < -0.39 is 4.92 Å². The molecule has 86 valence electrons. The van der Waals surface area contributed by atoms with E-state index in [1.165, 1.54) is 6.92 Å². The molecule has 1 rings (SSSR count). The van der Waals surface area contributed by atoms with E-state index in [1.54, 1.807) is 19.9 Å². The molecule has 0 saturated carbocycles. The summed E-state index contributed by atoms with van der Waals surface area (Å²) in [5, 5.41) is 13.5. The van der Waals surface area contributed by atoms with Crippen LogP contribution in [0.2, 0.25) is 0 Å². The summed E-state index contributed by atoms with van der Waals surface area (Å²) in [5.41, 5.74) is 2.53. The second kappa shape index (κ2) is 4.30. The number of nitrogens with zero attached hydrogens (tertiary/aromatic N) is 1. The number of rotatable bonds is 2. The van der Waals surface area contributed by atoms with Gasteiger partial charge in [0.05, 0.1) is 16.2 Å². The largest absolute Gasteiger partial charge is 0.326 e. The fourth-order valence-corrected chi connectivity index (χ4v) is 1.82. The Balaban J connectivity index is 3.44. The number of hydrogen-bond acceptors (Lipinski definition) is 3. The molecular weight excluding hydrogens is 208 g/mol. The van der Waals surface area contributed by atoms with Crippen LogP contribution >= 0.6 is 0 Å². The lowest BCUT2D eigenvalue weighted by Gasteiger charge is -2.12. The van der Waals surface area contributed by atoms with E-state index in [1.807, 2.05) is 6.92 Å². The maximum absolute atomic E-state index is 11.0. The molecule has 0 radical (unpaired) electrons. The van der Waals surface area contributed by atoms with Gasteiger partial charge in [-0.3, -0.25) is 14.9 Å². The first kappa shape index (κ1) is 12.2. The van der Waals surface area contributed by atoms with Gasteiger partial charge < -0.3 is 5.32 Å². The van der Waals surface area contributed by atoms with Crippen molar-refractivity contribution in [2.24, 2.45) is 0 Å². The third-order valence-electron chi connectivity index (χ3n) is 2.41. The van der Waals surface area contributed by atoms with E-state index >= 15 is 0 Å². The van der Waals surface area contributed by atoms with Crippen molar-refractivity contribution in [3.8, 4) is 0 Å². The highest BCUT2D eigenvalue weighted by atomic mass is 16.6. The van der Waals surface area contributed by atoms with Gasteiger partial charge in [-0.1, -0.05) is 0 Å². The van der Waals surface area contributed by atoms with Crippen LogP contribution in [0.25, 0.3) is 0 Å². The number of carbonyl (C=O) groups excluding carboxylic acids is 1. The molecule has 0 spiro atoms. The summed E-state index contributed by atoms with van der Waals surface area (Å²) in [5.74, 6) is -0.232. The molecule has 0 atom stereocenters. The molecule has 5 nitrogen and oxygen atoms in total. The zero-order valence-corrected chi connectivity index (χ0v) is 9.75. The fraction of sp³-hybridized carbons (Fsp3) is 0.364. The van der Waals surface area contributed by atoms with Crippen molar-refractivity contribution in [1.29, 1.82) is 0 Å². The SMILES string of the molecule is CC(=O)Nc1c(C)cc(C)c([N+](=O)[O-])c1C. The Bertz CT molecular complexity index is 467. The Morgan fingerprint density at radius 1 is 1.31 bits per heavy atom. The van der Waals surface area contributed by atoms with E-state index in [0.29, 0.717) is 16.8 Å². The van der Waals surface area contributed by atoms with Gasteiger partial charge in [0.1, 0.15) is 0 Å². The summed E-state index contributed by atoms with van der Waals surface area (Å²) in [4.78, 5) is 21.5. The average Bonchev–Trinajstić information content (AvgIpc) is 2.10. The van der Waals surface area contributed by atoms with E-state index in [9.17, 15) is 14.9 Å². The topological polar surface area (TPSA) is 72.2 Å². The van der Waals surface area contributed by atoms with Crippen molar-refractivity contribution < 1.29 is 9.72 Å². The molecule has 0 fully saturated rings. The zero-order valence-electron chi connectivity index (χ0n) is 9.75. The van der Waals surface area contributed by atoms with Crippen molar-refractivity contribution in [1.82, 2.24) is 0 Å². The first-order valence-corrected chi connectivity index (χ1v) is 4.87. The van der Waals surface area contributed by atoms with E-state index in [0.717, 1.165) is 5.56 Å². The second-order valence-corrected chi connectivity index (χ2v) is 3.80. The lowest BCUT2D eigenvalue weighted by atomic mass is 10.0. The van der Waals surface area contributed by atoms with Gasteiger partial charge in [-0.2, -0.15) is 0 Å². The molecule has 1 aromatic carbocycles. The number of benzene rings is 1. The number of aryl methyl sites for hydroxylation is 2. The molecule has 0 aliphatic carbocycles. The first-order chi connectivity index (χ1) is 7.34. The van der Waals surface area contributed by atoms with Gasteiger partial charge in [0.25, 0.3) is 5.69 Å². The smallest absolute Gasteiger partial charge is 0.277 e. The standard InChI is InChI=1S/C11H14N2O3/c1-6-5-7(2)11(13(15)16)8(3)10(6)12-9(4)14/h5H,1-4H3,(H,12,14). The summed E-state index contributed by atoms with van der Waals surface area (Å²) in [6, 6.07) is 1.70. The number of hydrogen-bond donors (Lipinski definition) is 1. The Morgan fingerprint density at radius 3 is 2.31 bits per heavy atom. The van der Waals surface area contributed by atoms with Crippen LogP contribution in [0.1, 0.15) is 23.6 Å². The Kier molecular flexibility index (Phi) is 3.27. The van der Waals surface area contributed by atoms with E-state index in [4.69, 9.17) is 0 Å². The van der Waals surface area contributed by atoms with E-state index in [2.05, 4.69) is 5.32 Å². The molecule has 0 aliphatic heterocycles. The minimum atomic E-state index is -0.421. The molecule has 0 saturated heterocycles. The summed E-state index contributed by atoms with van der Waals surface area (Å²) in [6.45, 7) is 6.53. The second-order valence-electron chi connectivity index (χ2n) is 3.80.